The van der Waals surface area contributed by atoms with E-state index in [-0.39, 0.29) is 70.6 Å². The van der Waals surface area contributed by atoms with Gasteiger partial charge in [-0.2, -0.15) is 0 Å². The summed E-state index contributed by atoms with van der Waals surface area (Å²) in [4.78, 5) is 12.1. The van der Waals surface area contributed by atoms with E-state index in [2.05, 4.69) is 13.8 Å². The zero-order chi connectivity index (χ0) is 21.7. The first kappa shape index (κ1) is 29.7. The number of Topliss-reactive ketones (excluding diaryl/α,β-unsaturated/α-hetero) is 1. The molecule has 8 nitrogen and oxygen atoms in total. The summed E-state index contributed by atoms with van der Waals surface area (Å²) in [6.07, 6.45) is 1.58. The molecule has 10 heteroatoms. The summed E-state index contributed by atoms with van der Waals surface area (Å²) in [6, 6.07) is 0. The monoisotopic (exact) mass is 477 g/mol. The van der Waals surface area contributed by atoms with Crippen molar-refractivity contribution in [3.63, 3.8) is 0 Å². The molecule has 0 aromatic heterocycles. The maximum absolute atomic E-state index is 12.1. The normalized spacial score (nSPS) is 48.7. The van der Waals surface area contributed by atoms with Crippen molar-refractivity contribution in [3.05, 3.63) is 0 Å². The van der Waals surface area contributed by atoms with Gasteiger partial charge in [0.15, 0.2) is 36.0 Å². The van der Waals surface area contributed by atoms with Gasteiger partial charge in [0.25, 0.3) is 0 Å². The van der Waals surface area contributed by atoms with E-state index in [1.165, 1.54) is 0 Å². The first-order chi connectivity index (χ1) is 14.0. The molecule has 4 aliphatic heterocycles. The molecule has 3 radical (unpaired) electrons. The zero-order valence-electron chi connectivity index (χ0n) is 21.3. The predicted octanol–water partition coefficient (Wildman–Crippen LogP) is -0.372. The summed E-state index contributed by atoms with van der Waals surface area (Å²) in [5.74, 6) is -0.401. The van der Waals surface area contributed by atoms with Crippen molar-refractivity contribution in [1.29, 1.82) is 0 Å². The van der Waals surface area contributed by atoms with Gasteiger partial charge in [-0.3, -0.25) is 4.79 Å². The average Bonchev–Trinajstić information content (AvgIpc) is 3.43. The molecule has 9 atom stereocenters. The summed E-state index contributed by atoms with van der Waals surface area (Å²) in [6.45, 7) is 11.5. The number of hydrogen-bond acceptors (Lipinski definition) is 8. The molecule has 4 saturated heterocycles. The van der Waals surface area contributed by atoms with Crippen LogP contribution >= 0.6 is 0 Å². The van der Waals surface area contributed by atoms with Gasteiger partial charge in [0.2, 0.25) is 0 Å². The van der Waals surface area contributed by atoms with E-state index >= 15 is 0 Å². The minimum absolute atomic E-state index is 0. The van der Waals surface area contributed by atoms with Gasteiger partial charge in [0.05, 0.1) is 0 Å². The van der Waals surface area contributed by atoms with Gasteiger partial charge in [0.1, 0.15) is 23.4 Å². The Hall–Kier alpha value is 0.455. The summed E-state index contributed by atoms with van der Waals surface area (Å²) < 4.78 is 33.9. The first-order valence-corrected chi connectivity index (χ1v) is 11.3. The minimum Gasteiger partial charge on any atom is -1.00 e. The molecule has 6 aliphatic rings. The van der Waals surface area contributed by atoms with Crippen LogP contribution in [-0.2, 0) is 33.2 Å². The van der Waals surface area contributed by atoms with Crippen LogP contribution in [0.2, 0.25) is 0 Å². The molecule has 0 aromatic rings. The molecule has 0 amide bonds. The fourth-order valence-corrected chi connectivity index (χ4v) is 5.68. The van der Waals surface area contributed by atoms with Gasteiger partial charge in [-0.1, -0.05) is 27.7 Å². The number of fused-ring (bicyclic) bond motifs is 2. The second kappa shape index (κ2) is 9.40. The molecular weight excluding hydrogens is 438 g/mol. The van der Waals surface area contributed by atoms with Crippen LogP contribution < -0.4 is 29.6 Å². The van der Waals surface area contributed by atoms with Gasteiger partial charge in [-0.05, 0) is 58.8 Å². The van der Waals surface area contributed by atoms with Crippen LogP contribution in [-0.4, -0.2) is 73.0 Å². The molecule has 1 N–H and O–H groups in total. The Bertz CT molecular complexity index is 756. The molecule has 183 valence electrons. The number of carbonyl (C=O) groups is 1. The van der Waals surface area contributed by atoms with Crippen LogP contribution in [0, 0.1) is 11.8 Å². The smallest absolute Gasteiger partial charge is 1.00 e. The van der Waals surface area contributed by atoms with Gasteiger partial charge in [0, 0.05) is 8.41 Å². The number of rotatable bonds is 2. The van der Waals surface area contributed by atoms with Crippen molar-refractivity contribution < 1.29 is 69.3 Å². The summed E-state index contributed by atoms with van der Waals surface area (Å²) in [7, 11) is 0. The van der Waals surface area contributed by atoms with Crippen molar-refractivity contribution in [2.75, 3.05) is 0 Å². The fourth-order valence-electron chi connectivity index (χ4n) is 5.68. The molecule has 2 saturated carbocycles. The molecule has 6 fully saturated rings. The topological polar surface area (TPSA) is 92.7 Å². The number of hydrogen-bond donors (Lipinski definition) is 1. The Kier molecular flexibility index (Phi) is 8.45. The largest absolute Gasteiger partial charge is 1.00 e. The molecular formula is C23H39BNaO8. The standard InChI is InChI=1S/C11H18O4.C11H16O4.CH4.B.Na.H/c2*1-4-6-5-11(6)8(12)7-9(15-11)14-10(2,3)13-7;;;;/h6-9,12H,4-5H2,1-3H3;6-7,9H,4-5H2,1-3H3;1H4;;;/q;;;;+1;-1/t6-,7-,8?,9-,11-;6-,7-,9-,11-;;;;/m00..../s1. The average molecular weight is 477 g/mol. The van der Waals surface area contributed by atoms with Crippen LogP contribution in [0.15, 0.2) is 0 Å². The second-order valence-corrected chi connectivity index (χ2v) is 10.4. The van der Waals surface area contributed by atoms with Crippen molar-refractivity contribution in [2.24, 2.45) is 11.8 Å². The minimum atomic E-state index is -0.691. The van der Waals surface area contributed by atoms with E-state index in [4.69, 9.17) is 28.4 Å². The van der Waals surface area contributed by atoms with Crippen molar-refractivity contribution in [3.8, 4) is 0 Å². The maximum Gasteiger partial charge on any atom is 1.00 e. The Morgan fingerprint density at radius 2 is 1.45 bits per heavy atom. The van der Waals surface area contributed by atoms with Crippen LogP contribution in [0.1, 0.15) is 76.1 Å². The molecule has 4 heterocycles. The number of aliphatic hydroxyl groups is 1. The Morgan fingerprint density at radius 1 is 0.879 bits per heavy atom. The van der Waals surface area contributed by atoms with E-state index in [1.807, 2.05) is 13.8 Å². The zero-order valence-corrected chi connectivity index (χ0v) is 22.3. The maximum atomic E-state index is 12.1. The molecule has 6 rings (SSSR count). The van der Waals surface area contributed by atoms with Crippen molar-refractivity contribution in [1.82, 2.24) is 0 Å². The molecule has 1 unspecified atom stereocenters. The van der Waals surface area contributed by atoms with Crippen LogP contribution in [0.4, 0.5) is 0 Å². The van der Waals surface area contributed by atoms with Crippen LogP contribution in [0.5, 0.6) is 0 Å². The fraction of sp³-hybridized carbons (Fsp3) is 0.957. The van der Waals surface area contributed by atoms with Crippen molar-refractivity contribution >= 4 is 14.2 Å². The van der Waals surface area contributed by atoms with Gasteiger partial charge in [-0.15, -0.1) is 0 Å². The summed E-state index contributed by atoms with van der Waals surface area (Å²) in [5.41, 5.74) is -0.916. The van der Waals surface area contributed by atoms with E-state index in [1.54, 1.807) is 13.8 Å². The Morgan fingerprint density at radius 3 is 1.94 bits per heavy atom. The van der Waals surface area contributed by atoms with Gasteiger partial charge < -0.3 is 35.0 Å². The quantitative estimate of drug-likeness (QED) is 0.539. The second-order valence-electron chi connectivity index (χ2n) is 10.4. The Balaban J connectivity index is 0.000000304. The molecule has 33 heavy (non-hydrogen) atoms. The van der Waals surface area contributed by atoms with Gasteiger partial charge >= 0.3 is 29.6 Å². The molecule has 0 aromatic carbocycles. The van der Waals surface area contributed by atoms with E-state index in [9.17, 15) is 9.90 Å². The van der Waals surface area contributed by atoms with E-state index in [0.29, 0.717) is 11.8 Å². The molecule has 2 aliphatic carbocycles. The van der Waals surface area contributed by atoms with E-state index < -0.39 is 35.7 Å². The molecule has 0 bridgehead atoms. The predicted molar refractivity (Wildman–Crippen MR) is 117 cm³/mol. The first-order valence-electron chi connectivity index (χ1n) is 11.3. The van der Waals surface area contributed by atoms with E-state index in [0.717, 1.165) is 25.7 Å². The summed E-state index contributed by atoms with van der Waals surface area (Å²) >= 11 is 0. The number of ether oxygens (including phenoxy) is 6. The summed E-state index contributed by atoms with van der Waals surface area (Å²) in [5, 5.41) is 10.2. The third-order valence-electron chi connectivity index (χ3n) is 7.43. The Labute approximate surface area is 223 Å². The molecule has 2 spiro atoms. The number of aliphatic hydroxyl groups excluding tert-OH is 1. The van der Waals surface area contributed by atoms with Crippen LogP contribution in [0.3, 0.4) is 0 Å². The third-order valence-corrected chi connectivity index (χ3v) is 7.43. The number of carbonyl (C=O) groups excluding carboxylic acids is 1. The van der Waals surface area contributed by atoms with Crippen LogP contribution in [0.25, 0.3) is 0 Å². The third kappa shape index (κ3) is 4.65. The number of ketones is 1. The van der Waals surface area contributed by atoms with Gasteiger partial charge in [-0.25, -0.2) is 0 Å². The SMILES string of the molecule is C.CC[C@H]1C[C@]12O[C@@H]1OC(C)(C)O[C@H]1C2=O.CC[C@H]1C[C@]12O[C@@H]1OC(C)(C)O[C@H]1C2O.[B].[H-].[Na+]. The van der Waals surface area contributed by atoms with Crippen molar-refractivity contribution in [2.45, 2.75) is 128 Å².